The van der Waals surface area contributed by atoms with Crippen LogP contribution < -0.4 is 9.47 Å². The summed E-state index contributed by atoms with van der Waals surface area (Å²) < 4.78 is 11.0. The molecule has 0 radical (unpaired) electrons. The average molecular weight is 344 g/mol. The van der Waals surface area contributed by atoms with E-state index < -0.39 is 5.41 Å². The summed E-state index contributed by atoms with van der Waals surface area (Å²) in [5.74, 6) is 1.89. The van der Waals surface area contributed by atoms with Crippen molar-refractivity contribution in [3.63, 3.8) is 0 Å². The number of carbonyl (C=O) groups excluding carboxylic acids is 2. The number of methoxy groups -OCH3 is 2. The average Bonchev–Trinajstić information content (AvgIpc) is 2.75. The van der Waals surface area contributed by atoms with Crippen LogP contribution in [0, 0.1) is 17.3 Å². The van der Waals surface area contributed by atoms with E-state index in [1.54, 1.807) is 14.2 Å². The maximum atomic E-state index is 13.1. The zero-order valence-corrected chi connectivity index (χ0v) is 15.8. The zero-order chi connectivity index (χ0) is 18.4. The molecule has 4 heteroatoms. The van der Waals surface area contributed by atoms with Gasteiger partial charge in [0.2, 0.25) is 0 Å². The minimum absolute atomic E-state index is 0.112. The van der Waals surface area contributed by atoms with Crippen LogP contribution in [0.1, 0.15) is 52.0 Å². The van der Waals surface area contributed by atoms with Gasteiger partial charge >= 0.3 is 0 Å². The molecule has 25 heavy (non-hydrogen) atoms. The van der Waals surface area contributed by atoms with Gasteiger partial charge < -0.3 is 9.47 Å². The highest BCUT2D eigenvalue weighted by Gasteiger charge is 2.62. The van der Waals surface area contributed by atoms with Gasteiger partial charge in [0.1, 0.15) is 17.3 Å². The Hall–Kier alpha value is -1.84. The van der Waals surface area contributed by atoms with Crippen molar-refractivity contribution in [2.75, 3.05) is 14.2 Å². The molecule has 2 bridgehead atoms. The normalized spacial score (nSPS) is 31.5. The molecule has 0 heterocycles. The second-order valence-corrected chi connectivity index (χ2v) is 8.20. The molecule has 0 unspecified atom stereocenters. The van der Waals surface area contributed by atoms with Crippen molar-refractivity contribution in [2.24, 2.45) is 17.3 Å². The summed E-state index contributed by atoms with van der Waals surface area (Å²) in [7, 11) is 3.28. The highest BCUT2D eigenvalue weighted by molar-refractivity contribution is 6.15. The Morgan fingerprint density at radius 2 is 1.88 bits per heavy atom. The van der Waals surface area contributed by atoms with Crippen LogP contribution in [-0.4, -0.2) is 25.8 Å². The third-order valence-electron chi connectivity index (χ3n) is 6.32. The van der Waals surface area contributed by atoms with Gasteiger partial charge in [-0.25, -0.2) is 0 Å². The first-order valence-corrected chi connectivity index (χ1v) is 9.08. The predicted molar refractivity (Wildman–Crippen MR) is 96.1 cm³/mol. The Morgan fingerprint density at radius 1 is 1.16 bits per heavy atom. The quantitative estimate of drug-likeness (QED) is 0.759. The molecule has 2 fully saturated rings. The third-order valence-corrected chi connectivity index (χ3v) is 6.32. The summed E-state index contributed by atoms with van der Waals surface area (Å²) in [5.41, 5.74) is -0.0704. The molecular formula is C21H28O4. The van der Waals surface area contributed by atoms with Crippen LogP contribution in [0.5, 0.6) is 11.5 Å². The van der Waals surface area contributed by atoms with Crippen molar-refractivity contribution in [3.05, 3.63) is 23.8 Å². The Morgan fingerprint density at radius 3 is 2.48 bits per heavy atom. The predicted octanol–water partition coefficient (Wildman–Crippen LogP) is 3.95. The number of ether oxygens (including phenoxy) is 2. The van der Waals surface area contributed by atoms with E-state index in [-0.39, 0.29) is 22.9 Å². The highest BCUT2D eigenvalue weighted by atomic mass is 16.5. The molecule has 3 atom stereocenters. The molecule has 0 aromatic heterocycles. The van der Waals surface area contributed by atoms with Crippen molar-refractivity contribution >= 4 is 11.6 Å². The van der Waals surface area contributed by atoms with E-state index in [1.165, 1.54) is 0 Å². The molecule has 2 aliphatic rings. The molecule has 0 amide bonds. The number of hydrogen-bond acceptors (Lipinski definition) is 4. The fraction of sp³-hybridized carbons (Fsp3) is 0.619. The largest absolute Gasteiger partial charge is 0.497 e. The summed E-state index contributed by atoms with van der Waals surface area (Å²) in [6, 6.07) is 5.83. The summed E-state index contributed by atoms with van der Waals surface area (Å²) >= 11 is 0. The van der Waals surface area contributed by atoms with Crippen LogP contribution in [0.4, 0.5) is 0 Å². The summed E-state index contributed by atoms with van der Waals surface area (Å²) in [6.07, 6.45) is 2.70. The number of hydrogen-bond donors (Lipinski definition) is 0. The Bertz CT molecular complexity index is 708. The first-order valence-electron chi connectivity index (χ1n) is 9.08. The monoisotopic (exact) mass is 344 g/mol. The van der Waals surface area contributed by atoms with Crippen molar-refractivity contribution in [1.82, 2.24) is 0 Å². The smallest absolute Gasteiger partial charge is 0.150 e. The van der Waals surface area contributed by atoms with Crippen LogP contribution >= 0.6 is 0 Å². The molecule has 0 N–H and O–H groups in total. The standard InChI is InChI=1S/C21H28O4/c1-13(2)12-21(15-7-6-14(24-4)10-17(15)25-5)9-8-20(3)18(22)11-16(21)19(20)23/h6-7,10,13,16H,8-9,11-12H2,1-5H3/t16-,20+,21-/m0/s1. The molecule has 4 nitrogen and oxygen atoms in total. The van der Waals surface area contributed by atoms with Gasteiger partial charge in [0.25, 0.3) is 0 Å². The molecule has 2 aliphatic carbocycles. The number of benzene rings is 1. The van der Waals surface area contributed by atoms with Gasteiger partial charge in [-0.15, -0.1) is 0 Å². The SMILES string of the molecule is COc1ccc([C@@]2(CC(C)C)CC[C@]3(C)C(=O)C[C@H]2C3=O)c(OC)c1. The van der Waals surface area contributed by atoms with Gasteiger partial charge in [-0.2, -0.15) is 0 Å². The Labute approximate surface area is 149 Å². The minimum Gasteiger partial charge on any atom is -0.497 e. The number of rotatable bonds is 5. The van der Waals surface area contributed by atoms with Crippen molar-refractivity contribution in [2.45, 2.75) is 51.9 Å². The van der Waals surface area contributed by atoms with Crippen LogP contribution in [0.3, 0.4) is 0 Å². The van der Waals surface area contributed by atoms with E-state index in [0.717, 1.165) is 29.9 Å². The first-order chi connectivity index (χ1) is 11.8. The fourth-order valence-corrected chi connectivity index (χ4v) is 5.00. The minimum atomic E-state index is -0.773. The maximum Gasteiger partial charge on any atom is 0.150 e. The van der Waals surface area contributed by atoms with Gasteiger partial charge in [-0.1, -0.05) is 19.9 Å². The molecule has 2 saturated carbocycles. The third kappa shape index (κ3) is 2.57. The topological polar surface area (TPSA) is 52.6 Å². The van der Waals surface area contributed by atoms with E-state index in [2.05, 4.69) is 13.8 Å². The van der Waals surface area contributed by atoms with E-state index in [1.807, 2.05) is 25.1 Å². The molecule has 1 aromatic rings. The van der Waals surface area contributed by atoms with Crippen LogP contribution in [0.15, 0.2) is 18.2 Å². The first kappa shape index (κ1) is 18.0. The summed E-state index contributed by atoms with van der Waals surface area (Å²) in [5, 5.41) is 0. The summed E-state index contributed by atoms with van der Waals surface area (Å²) in [4.78, 5) is 25.7. The molecular weight excluding hydrogens is 316 g/mol. The Kier molecular flexibility index (Phi) is 4.42. The molecule has 1 aromatic carbocycles. The van der Waals surface area contributed by atoms with Crippen molar-refractivity contribution in [3.8, 4) is 11.5 Å². The molecule has 0 aliphatic heterocycles. The van der Waals surface area contributed by atoms with E-state index >= 15 is 0 Å². The fourth-order valence-electron chi connectivity index (χ4n) is 5.00. The van der Waals surface area contributed by atoms with Gasteiger partial charge in [0.15, 0.2) is 5.78 Å². The van der Waals surface area contributed by atoms with Crippen LogP contribution in [-0.2, 0) is 15.0 Å². The van der Waals surface area contributed by atoms with Gasteiger partial charge in [-0.05, 0) is 38.2 Å². The van der Waals surface area contributed by atoms with Gasteiger partial charge in [-0.3, -0.25) is 9.59 Å². The maximum absolute atomic E-state index is 13.1. The number of carbonyl (C=O) groups is 2. The zero-order valence-electron chi connectivity index (χ0n) is 15.8. The second kappa shape index (κ2) is 6.15. The van der Waals surface area contributed by atoms with Crippen LogP contribution in [0.2, 0.25) is 0 Å². The molecule has 3 rings (SSSR count). The van der Waals surface area contributed by atoms with Crippen molar-refractivity contribution in [1.29, 1.82) is 0 Å². The van der Waals surface area contributed by atoms with E-state index in [4.69, 9.17) is 9.47 Å². The molecule has 0 saturated heterocycles. The summed E-state index contributed by atoms with van der Waals surface area (Å²) in [6.45, 7) is 6.18. The van der Waals surface area contributed by atoms with Crippen molar-refractivity contribution < 1.29 is 19.1 Å². The molecule has 0 spiro atoms. The number of fused-ring (bicyclic) bond motifs is 2. The van der Waals surface area contributed by atoms with Crippen LogP contribution in [0.25, 0.3) is 0 Å². The molecule has 136 valence electrons. The van der Waals surface area contributed by atoms with Gasteiger partial charge in [0, 0.05) is 29.4 Å². The lowest BCUT2D eigenvalue weighted by Crippen LogP contribution is -2.47. The number of ketones is 2. The lowest BCUT2D eigenvalue weighted by molar-refractivity contribution is -0.138. The lowest BCUT2D eigenvalue weighted by atomic mass is 9.57. The second-order valence-electron chi connectivity index (χ2n) is 8.20. The Balaban J connectivity index is 2.16. The van der Waals surface area contributed by atoms with E-state index in [9.17, 15) is 9.59 Å². The van der Waals surface area contributed by atoms with Gasteiger partial charge in [0.05, 0.1) is 19.6 Å². The highest BCUT2D eigenvalue weighted by Crippen LogP contribution is 2.59. The number of Topliss-reactive ketones (excluding diaryl/α,β-unsaturated/α-hetero) is 2. The lowest BCUT2D eigenvalue weighted by Gasteiger charge is -2.45. The van der Waals surface area contributed by atoms with E-state index in [0.29, 0.717) is 18.8 Å².